The van der Waals surface area contributed by atoms with Gasteiger partial charge in [0, 0.05) is 60.8 Å². The van der Waals surface area contributed by atoms with E-state index in [4.69, 9.17) is 9.97 Å². The maximum absolute atomic E-state index is 12.7. The van der Waals surface area contributed by atoms with Crippen LogP contribution < -0.4 is 20.9 Å². The fourth-order valence-corrected chi connectivity index (χ4v) is 4.83. The number of hydrogen-bond donors (Lipinski definition) is 4. The van der Waals surface area contributed by atoms with E-state index in [2.05, 4.69) is 89.7 Å². The summed E-state index contributed by atoms with van der Waals surface area (Å²) in [6, 6.07) is 19.8. The second kappa shape index (κ2) is 12.8. The van der Waals surface area contributed by atoms with Crippen LogP contribution in [0.15, 0.2) is 60.7 Å². The fraction of sp³-hybridized carbons (Fsp3) is 0.394. The molecule has 1 aliphatic heterocycles. The zero-order chi connectivity index (χ0) is 30.6. The Kier molecular flexibility index (Phi) is 8.96. The van der Waals surface area contributed by atoms with Crippen molar-refractivity contribution in [2.45, 2.75) is 52.4 Å². The average Bonchev–Trinajstić information content (AvgIpc) is 3.44. The Morgan fingerprint density at radius 1 is 0.884 bits per heavy atom. The van der Waals surface area contributed by atoms with Crippen LogP contribution in [0.5, 0.6) is 0 Å². The number of hydrogen-bond acceptors (Lipinski definition) is 8. The molecule has 10 heteroatoms. The van der Waals surface area contributed by atoms with Crippen molar-refractivity contribution in [1.82, 2.24) is 25.1 Å². The van der Waals surface area contributed by atoms with E-state index in [9.17, 15) is 4.79 Å². The molecular formula is C33H43N9O. The van der Waals surface area contributed by atoms with Crippen molar-refractivity contribution in [3.8, 4) is 0 Å². The molecule has 0 unspecified atom stereocenters. The van der Waals surface area contributed by atoms with E-state index in [0.29, 0.717) is 23.5 Å². The first-order valence-electron chi connectivity index (χ1n) is 14.9. The van der Waals surface area contributed by atoms with Crippen LogP contribution in [0.4, 0.5) is 34.8 Å². The largest absolute Gasteiger partial charge is 0.354 e. The van der Waals surface area contributed by atoms with Gasteiger partial charge in [-0.2, -0.15) is 15.1 Å². The number of nitrogens with one attached hydrogen (secondary N) is 4. The average molecular weight is 582 g/mol. The smallest absolute Gasteiger partial charge is 0.231 e. The Bertz CT molecular complexity index is 1510. The van der Waals surface area contributed by atoms with E-state index in [1.165, 1.54) is 5.56 Å². The molecule has 43 heavy (non-hydrogen) atoms. The van der Waals surface area contributed by atoms with Gasteiger partial charge in [-0.25, -0.2) is 0 Å². The monoisotopic (exact) mass is 581 g/mol. The van der Waals surface area contributed by atoms with Crippen LogP contribution in [0.2, 0.25) is 0 Å². The Balaban J connectivity index is 1.28. The molecule has 2 aromatic carbocycles. The lowest BCUT2D eigenvalue weighted by molar-refractivity contribution is -0.115. The summed E-state index contributed by atoms with van der Waals surface area (Å²) in [5, 5.41) is 17.3. The molecule has 5 rings (SSSR count). The van der Waals surface area contributed by atoms with Gasteiger partial charge in [0.2, 0.25) is 11.9 Å². The van der Waals surface area contributed by atoms with Crippen LogP contribution in [0.25, 0.3) is 0 Å². The second-order valence-corrected chi connectivity index (χ2v) is 12.6. The first-order valence-corrected chi connectivity index (χ1v) is 14.9. The second-order valence-electron chi connectivity index (χ2n) is 12.6. The third kappa shape index (κ3) is 8.10. The highest BCUT2D eigenvalue weighted by atomic mass is 16.1. The highest BCUT2D eigenvalue weighted by Gasteiger charge is 2.20. The molecule has 1 fully saturated rings. The molecule has 0 saturated carbocycles. The Morgan fingerprint density at radius 3 is 2.19 bits per heavy atom. The zero-order valence-electron chi connectivity index (χ0n) is 26.0. The minimum atomic E-state index is -0.0510. The highest BCUT2D eigenvalue weighted by Crippen LogP contribution is 2.27. The van der Waals surface area contributed by atoms with Gasteiger partial charge in [0.15, 0.2) is 5.82 Å². The maximum atomic E-state index is 12.7. The third-order valence-electron chi connectivity index (χ3n) is 7.62. The highest BCUT2D eigenvalue weighted by molar-refractivity contribution is 5.92. The van der Waals surface area contributed by atoms with Gasteiger partial charge < -0.3 is 25.8 Å². The van der Waals surface area contributed by atoms with Gasteiger partial charge in [-0.1, -0.05) is 58.9 Å². The number of benzene rings is 2. The van der Waals surface area contributed by atoms with E-state index in [1.54, 1.807) is 0 Å². The number of carbonyl (C=O) groups is 1. The summed E-state index contributed by atoms with van der Waals surface area (Å²) < 4.78 is 0. The zero-order valence-corrected chi connectivity index (χ0v) is 26.0. The van der Waals surface area contributed by atoms with Crippen molar-refractivity contribution in [3.63, 3.8) is 0 Å². The molecule has 0 aliphatic carbocycles. The van der Waals surface area contributed by atoms with Crippen molar-refractivity contribution >= 4 is 40.7 Å². The Morgan fingerprint density at radius 2 is 1.56 bits per heavy atom. The summed E-state index contributed by atoms with van der Waals surface area (Å²) in [4.78, 5) is 26.9. The van der Waals surface area contributed by atoms with Gasteiger partial charge in [-0.3, -0.25) is 9.89 Å². The molecule has 4 N–H and O–H groups in total. The van der Waals surface area contributed by atoms with Gasteiger partial charge in [0.05, 0.1) is 6.42 Å². The minimum absolute atomic E-state index is 0.0395. The van der Waals surface area contributed by atoms with E-state index in [0.717, 1.165) is 54.6 Å². The lowest BCUT2D eigenvalue weighted by Crippen LogP contribution is -2.44. The molecule has 0 atom stereocenters. The molecule has 10 nitrogen and oxygen atoms in total. The van der Waals surface area contributed by atoms with Crippen molar-refractivity contribution in [2.24, 2.45) is 0 Å². The Hall–Kier alpha value is -4.44. The molecule has 1 amide bonds. The molecule has 1 aliphatic rings. The molecular weight excluding hydrogens is 538 g/mol. The molecule has 0 spiro atoms. The summed E-state index contributed by atoms with van der Waals surface area (Å²) in [5.41, 5.74) is 4.81. The molecule has 2 aromatic heterocycles. The maximum Gasteiger partial charge on any atom is 0.231 e. The van der Waals surface area contributed by atoms with Gasteiger partial charge in [0.1, 0.15) is 11.6 Å². The number of nitrogens with zero attached hydrogens (tertiary/aromatic N) is 5. The van der Waals surface area contributed by atoms with Gasteiger partial charge in [-0.05, 0) is 48.4 Å². The molecule has 0 bridgehead atoms. The number of likely N-dealkylation sites (N-methyl/N-ethyl adjacent to an activating group) is 1. The molecule has 1 saturated heterocycles. The number of amides is 1. The normalized spacial score (nSPS) is 14.2. The van der Waals surface area contributed by atoms with E-state index >= 15 is 0 Å². The third-order valence-corrected chi connectivity index (χ3v) is 7.62. The lowest BCUT2D eigenvalue weighted by Gasteiger charge is -2.33. The number of anilines is 6. The Labute approximate surface area is 254 Å². The summed E-state index contributed by atoms with van der Waals surface area (Å²) in [6.07, 6.45) is 0.288. The van der Waals surface area contributed by atoms with Gasteiger partial charge in [-0.15, -0.1) is 0 Å². The minimum Gasteiger partial charge on any atom is -0.354 e. The predicted molar refractivity (Wildman–Crippen MR) is 175 cm³/mol. The van der Waals surface area contributed by atoms with Crippen LogP contribution in [0.3, 0.4) is 0 Å². The summed E-state index contributed by atoms with van der Waals surface area (Å²) in [5.74, 6) is 3.11. The summed E-state index contributed by atoms with van der Waals surface area (Å²) in [7, 11) is 2.14. The predicted octanol–water partition coefficient (Wildman–Crippen LogP) is 6.04. The van der Waals surface area contributed by atoms with E-state index in [1.807, 2.05) is 48.5 Å². The molecule has 4 aromatic rings. The van der Waals surface area contributed by atoms with Crippen LogP contribution in [0.1, 0.15) is 57.4 Å². The van der Waals surface area contributed by atoms with Crippen molar-refractivity contribution in [3.05, 3.63) is 77.5 Å². The SMILES string of the molecule is CC(C)c1ccc(NC(=O)Cc2ccc(Nc3nc(Nc4cc(C(C)(C)C)[nH]n4)cc(N4CCN(C)CC4)n3)cc2)cc1. The molecule has 0 radical (unpaired) electrons. The van der Waals surface area contributed by atoms with Gasteiger partial charge in [0.25, 0.3) is 0 Å². The van der Waals surface area contributed by atoms with Crippen LogP contribution >= 0.6 is 0 Å². The summed E-state index contributed by atoms with van der Waals surface area (Å²) >= 11 is 0. The standard InChI is InChI=1S/C33H43N9O/c1-22(2)24-9-13-25(14-10-24)34-31(43)19-23-7-11-26(12-8-23)35-32-37-28(36-29-20-27(39-40-29)33(3,4)5)21-30(38-32)42-17-15-41(6)16-18-42/h7-14,20-22H,15-19H2,1-6H3,(H,34,43)(H3,35,36,37,38,39,40). The molecule has 226 valence electrons. The quantitative estimate of drug-likeness (QED) is 0.189. The van der Waals surface area contributed by atoms with Crippen molar-refractivity contribution in [2.75, 3.05) is 54.1 Å². The number of piperazine rings is 1. The van der Waals surface area contributed by atoms with E-state index in [-0.39, 0.29) is 17.7 Å². The molecule has 3 heterocycles. The van der Waals surface area contributed by atoms with Crippen molar-refractivity contribution in [1.29, 1.82) is 0 Å². The van der Waals surface area contributed by atoms with Crippen LogP contribution in [0, 0.1) is 0 Å². The summed E-state index contributed by atoms with van der Waals surface area (Å²) in [6.45, 7) is 14.5. The topological polar surface area (TPSA) is 114 Å². The number of aromatic amines is 1. The van der Waals surface area contributed by atoms with Crippen LogP contribution in [-0.4, -0.2) is 64.2 Å². The first-order chi connectivity index (χ1) is 20.5. The number of rotatable bonds is 9. The number of H-pyrrole nitrogens is 1. The number of carbonyl (C=O) groups excluding carboxylic acids is 1. The van der Waals surface area contributed by atoms with Gasteiger partial charge >= 0.3 is 0 Å². The number of aromatic nitrogens is 4. The lowest BCUT2D eigenvalue weighted by atomic mass is 9.92. The van der Waals surface area contributed by atoms with E-state index < -0.39 is 0 Å². The van der Waals surface area contributed by atoms with Crippen molar-refractivity contribution < 1.29 is 4.79 Å². The first kappa shape index (κ1) is 30.0. The van der Waals surface area contributed by atoms with Crippen LogP contribution in [-0.2, 0) is 16.6 Å². The fourth-order valence-electron chi connectivity index (χ4n) is 4.83.